The molecule has 2 atom stereocenters. The maximum absolute atomic E-state index is 12.8. The molecule has 30 heavy (non-hydrogen) atoms. The number of ether oxygens (including phenoxy) is 2. The Hall–Kier alpha value is -3.26. The van der Waals surface area contributed by atoms with Gasteiger partial charge in [0.2, 0.25) is 0 Å². The molecule has 0 saturated carbocycles. The third-order valence-electron chi connectivity index (χ3n) is 5.09. The highest BCUT2D eigenvalue weighted by atomic mass is 16.5. The number of rotatable bonds is 5. The van der Waals surface area contributed by atoms with Gasteiger partial charge in [-0.25, -0.2) is 4.79 Å². The number of hydrogen-bond donors (Lipinski definition) is 3. The summed E-state index contributed by atoms with van der Waals surface area (Å²) in [4.78, 5) is 27.0. The lowest BCUT2D eigenvalue weighted by Crippen LogP contribution is -2.50. The van der Waals surface area contributed by atoms with E-state index in [0.717, 1.165) is 0 Å². The molecule has 2 aromatic carbocycles. The van der Waals surface area contributed by atoms with Gasteiger partial charge in [0.25, 0.3) is 5.91 Å². The van der Waals surface area contributed by atoms with Gasteiger partial charge in [-0.15, -0.1) is 0 Å². The normalized spacial score (nSPS) is 18.8. The van der Waals surface area contributed by atoms with Gasteiger partial charge in [0.15, 0.2) is 0 Å². The molecule has 3 amide bonds. The summed E-state index contributed by atoms with van der Waals surface area (Å²) in [6.45, 7) is 0.695. The first-order chi connectivity index (χ1) is 14.5. The van der Waals surface area contributed by atoms with E-state index in [0.29, 0.717) is 42.1 Å². The Morgan fingerprint density at radius 3 is 2.50 bits per heavy atom. The van der Waals surface area contributed by atoms with Crippen molar-refractivity contribution < 1.29 is 24.2 Å². The highest BCUT2D eigenvalue weighted by molar-refractivity contribution is 5.94. The standard InChI is InChI=1S/C22H27N3O5/c1-29-17-10-8-15(9-11-17)21(27)24-19-14-25(12-4-7-20(19)26)22(28)23-16-5-3-6-18(13-16)30-2/h3,5-6,8-11,13,19-20,26H,4,7,12,14H2,1-2H3,(H,23,28)(H,24,27)/t19-,20+/m0/s1. The molecule has 1 aliphatic rings. The van der Waals surface area contributed by atoms with Gasteiger partial charge in [-0.05, 0) is 49.2 Å². The highest BCUT2D eigenvalue weighted by Gasteiger charge is 2.29. The molecule has 3 N–H and O–H groups in total. The molecule has 0 aliphatic carbocycles. The predicted molar refractivity (Wildman–Crippen MR) is 113 cm³/mol. The van der Waals surface area contributed by atoms with Gasteiger partial charge in [-0.3, -0.25) is 4.79 Å². The molecule has 0 bridgehead atoms. The van der Waals surface area contributed by atoms with Crippen LogP contribution < -0.4 is 20.1 Å². The third kappa shape index (κ3) is 5.42. The van der Waals surface area contributed by atoms with Crippen LogP contribution in [0.1, 0.15) is 23.2 Å². The second-order valence-electron chi connectivity index (χ2n) is 7.13. The Balaban J connectivity index is 1.65. The largest absolute Gasteiger partial charge is 0.497 e. The molecule has 2 aromatic rings. The number of likely N-dealkylation sites (tertiary alicyclic amines) is 1. The second kappa shape index (κ2) is 9.98. The average molecular weight is 413 g/mol. The average Bonchev–Trinajstić information content (AvgIpc) is 2.95. The smallest absolute Gasteiger partial charge is 0.321 e. The van der Waals surface area contributed by atoms with Crippen molar-refractivity contribution in [3.63, 3.8) is 0 Å². The van der Waals surface area contributed by atoms with E-state index in [1.165, 1.54) is 0 Å². The molecule has 8 heteroatoms. The fourth-order valence-corrected chi connectivity index (χ4v) is 3.37. The Kier molecular flexibility index (Phi) is 7.13. The molecule has 0 unspecified atom stereocenters. The number of nitrogens with zero attached hydrogens (tertiary/aromatic N) is 1. The summed E-state index contributed by atoms with van der Waals surface area (Å²) >= 11 is 0. The fraction of sp³-hybridized carbons (Fsp3) is 0.364. The third-order valence-corrected chi connectivity index (χ3v) is 5.09. The van der Waals surface area contributed by atoms with Gasteiger partial charge < -0.3 is 30.1 Å². The number of aliphatic hydroxyl groups excluding tert-OH is 1. The predicted octanol–water partition coefficient (Wildman–Crippen LogP) is 2.49. The first-order valence-corrected chi connectivity index (χ1v) is 9.83. The van der Waals surface area contributed by atoms with E-state index >= 15 is 0 Å². The van der Waals surface area contributed by atoms with E-state index in [2.05, 4.69) is 10.6 Å². The van der Waals surface area contributed by atoms with Crippen LogP contribution in [-0.4, -0.2) is 61.4 Å². The monoisotopic (exact) mass is 413 g/mol. The van der Waals surface area contributed by atoms with E-state index in [9.17, 15) is 14.7 Å². The Labute approximate surface area is 175 Å². The van der Waals surface area contributed by atoms with Gasteiger partial charge in [0.05, 0.1) is 26.4 Å². The number of aliphatic hydroxyl groups is 1. The molecule has 0 aromatic heterocycles. The number of carbonyl (C=O) groups is 2. The number of nitrogens with one attached hydrogen (secondary N) is 2. The quantitative estimate of drug-likeness (QED) is 0.699. The van der Waals surface area contributed by atoms with E-state index < -0.39 is 12.1 Å². The first-order valence-electron chi connectivity index (χ1n) is 9.83. The fourth-order valence-electron chi connectivity index (χ4n) is 3.37. The molecule has 8 nitrogen and oxygen atoms in total. The lowest BCUT2D eigenvalue weighted by Gasteiger charge is -2.27. The van der Waals surface area contributed by atoms with Gasteiger partial charge in [0, 0.05) is 30.4 Å². The van der Waals surface area contributed by atoms with E-state index in [-0.39, 0.29) is 18.5 Å². The summed E-state index contributed by atoms with van der Waals surface area (Å²) in [6.07, 6.45) is 0.403. The van der Waals surface area contributed by atoms with Gasteiger partial charge >= 0.3 is 6.03 Å². The maximum atomic E-state index is 12.8. The van der Waals surface area contributed by atoms with Crippen LogP contribution in [-0.2, 0) is 0 Å². The van der Waals surface area contributed by atoms with Crippen molar-refractivity contribution in [2.45, 2.75) is 25.0 Å². The van der Waals surface area contributed by atoms with Crippen LogP contribution in [0.2, 0.25) is 0 Å². The number of urea groups is 1. The van der Waals surface area contributed by atoms with E-state index in [1.54, 1.807) is 67.7 Å². The van der Waals surface area contributed by atoms with Crippen molar-refractivity contribution in [2.24, 2.45) is 0 Å². The van der Waals surface area contributed by atoms with Crippen molar-refractivity contribution in [1.82, 2.24) is 10.2 Å². The van der Waals surface area contributed by atoms with Crippen LogP contribution in [0, 0.1) is 0 Å². The number of anilines is 1. The molecule has 1 fully saturated rings. The van der Waals surface area contributed by atoms with Gasteiger partial charge in [-0.2, -0.15) is 0 Å². The summed E-state index contributed by atoms with van der Waals surface area (Å²) in [5.74, 6) is 0.988. The van der Waals surface area contributed by atoms with Crippen molar-refractivity contribution in [2.75, 3.05) is 32.6 Å². The van der Waals surface area contributed by atoms with Gasteiger partial charge in [0.1, 0.15) is 11.5 Å². The molecule has 160 valence electrons. The lowest BCUT2D eigenvalue weighted by atomic mass is 10.1. The molecule has 1 saturated heterocycles. The summed E-state index contributed by atoms with van der Waals surface area (Å²) in [5.41, 5.74) is 1.07. The minimum Gasteiger partial charge on any atom is -0.497 e. The Bertz CT molecular complexity index is 871. The van der Waals surface area contributed by atoms with E-state index in [4.69, 9.17) is 9.47 Å². The second-order valence-corrected chi connectivity index (χ2v) is 7.13. The summed E-state index contributed by atoms with van der Waals surface area (Å²) in [6, 6.07) is 12.9. The Morgan fingerprint density at radius 1 is 1.07 bits per heavy atom. The number of hydrogen-bond acceptors (Lipinski definition) is 5. The zero-order valence-electron chi connectivity index (χ0n) is 17.1. The number of carbonyl (C=O) groups excluding carboxylic acids is 2. The summed E-state index contributed by atoms with van der Waals surface area (Å²) in [7, 11) is 3.12. The number of amides is 3. The maximum Gasteiger partial charge on any atom is 0.321 e. The zero-order chi connectivity index (χ0) is 21.5. The molecular weight excluding hydrogens is 386 g/mol. The van der Waals surface area contributed by atoms with Crippen LogP contribution >= 0.6 is 0 Å². The van der Waals surface area contributed by atoms with Crippen molar-refractivity contribution >= 4 is 17.6 Å². The van der Waals surface area contributed by atoms with Crippen molar-refractivity contribution in [3.8, 4) is 11.5 Å². The molecular formula is C22H27N3O5. The molecule has 0 spiro atoms. The molecule has 1 heterocycles. The Morgan fingerprint density at radius 2 is 1.80 bits per heavy atom. The zero-order valence-corrected chi connectivity index (χ0v) is 17.1. The van der Waals surface area contributed by atoms with Crippen molar-refractivity contribution in [3.05, 3.63) is 54.1 Å². The summed E-state index contributed by atoms with van der Waals surface area (Å²) in [5, 5.41) is 16.2. The van der Waals surface area contributed by atoms with Crippen LogP contribution in [0.15, 0.2) is 48.5 Å². The van der Waals surface area contributed by atoms with Crippen LogP contribution in [0.5, 0.6) is 11.5 Å². The minimum absolute atomic E-state index is 0.207. The molecule has 1 aliphatic heterocycles. The van der Waals surface area contributed by atoms with Crippen LogP contribution in [0.4, 0.5) is 10.5 Å². The lowest BCUT2D eigenvalue weighted by molar-refractivity contribution is 0.0811. The number of benzene rings is 2. The topological polar surface area (TPSA) is 100 Å². The van der Waals surface area contributed by atoms with Crippen molar-refractivity contribution in [1.29, 1.82) is 0 Å². The molecule has 0 radical (unpaired) electrons. The first kappa shape index (κ1) is 21.4. The number of methoxy groups -OCH3 is 2. The highest BCUT2D eigenvalue weighted by Crippen LogP contribution is 2.19. The van der Waals surface area contributed by atoms with Crippen LogP contribution in [0.25, 0.3) is 0 Å². The minimum atomic E-state index is -0.734. The summed E-state index contributed by atoms with van der Waals surface area (Å²) < 4.78 is 10.3. The van der Waals surface area contributed by atoms with Crippen LogP contribution in [0.3, 0.4) is 0 Å². The van der Waals surface area contributed by atoms with Gasteiger partial charge in [-0.1, -0.05) is 6.07 Å². The molecule has 3 rings (SSSR count). The van der Waals surface area contributed by atoms with E-state index in [1.807, 2.05) is 0 Å². The SMILES string of the molecule is COc1ccc(C(=O)N[C@H]2CN(C(=O)Nc3cccc(OC)c3)CCC[C@H]2O)cc1.